The number of likely N-dealkylation sites (tertiary alicyclic amines) is 1. The number of aliphatic hydroxyl groups excluding tert-OH is 1. The summed E-state index contributed by atoms with van der Waals surface area (Å²) in [5.74, 6) is -0.134. The Bertz CT molecular complexity index is 403. The van der Waals surface area contributed by atoms with Crippen molar-refractivity contribution in [3.63, 3.8) is 0 Å². The Morgan fingerprint density at radius 2 is 2.11 bits per heavy atom. The molecule has 0 spiro atoms. The van der Waals surface area contributed by atoms with Crippen LogP contribution in [0.15, 0.2) is 18.2 Å². The number of nitrogens with zero attached hydrogens (tertiary/aromatic N) is 1. The van der Waals surface area contributed by atoms with Crippen LogP contribution in [0.3, 0.4) is 0 Å². The minimum atomic E-state index is -0.654. The van der Waals surface area contributed by atoms with E-state index >= 15 is 0 Å². The van der Waals surface area contributed by atoms with Gasteiger partial charge in [-0.2, -0.15) is 0 Å². The smallest absolute Gasteiger partial charge is 0.165 e. The first kappa shape index (κ1) is 14.3. The maximum atomic E-state index is 13.7. The van der Waals surface area contributed by atoms with E-state index in [1.807, 2.05) is 0 Å². The van der Waals surface area contributed by atoms with Gasteiger partial charge < -0.3 is 14.7 Å². The van der Waals surface area contributed by atoms with Crippen molar-refractivity contribution < 1.29 is 14.2 Å². The number of hydrogen-bond donors (Lipinski definition) is 1. The van der Waals surface area contributed by atoms with Gasteiger partial charge in [-0.3, -0.25) is 0 Å². The van der Waals surface area contributed by atoms with Gasteiger partial charge in [0.05, 0.1) is 12.7 Å². The molecular formula is C15H22FNO2. The number of rotatable bonds is 6. The van der Waals surface area contributed by atoms with Crippen LogP contribution < -0.4 is 4.74 Å². The first-order chi connectivity index (χ1) is 9.16. The first-order valence-electron chi connectivity index (χ1n) is 6.99. The van der Waals surface area contributed by atoms with Crippen LogP contribution in [-0.4, -0.2) is 36.2 Å². The fourth-order valence-electron chi connectivity index (χ4n) is 2.37. The van der Waals surface area contributed by atoms with Crippen molar-refractivity contribution in [2.24, 2.45) is 0 Å². The minimum absolute atomic E-state index is 0.269. The summed E-state index contributed by atoms with van der Waals surface area (Å²) in [7, 11) is 0. The molecule has 3 nitrogen and oxygen atoms in total. The molecule has 1 aliphatic heterocycles. The Kier molecular flexibility index (Phi) is 5.16. The van der Waals surface area contributed by atoms with E-state index in [9.17, 15) is 9.50 Å². The Morgan fingerprint density at radius 3 is 2.74 bits per heavy atom. The number of aliphatic hydroxyl groups is 1. The topological polar surface area (TPSA) is 32.7 Å². The molecule has 2 rings (SSSR count). The predicted octanol–water partition coefficient (Wildman–Crippen LogP) is 2.74. The van der Waals surface area contributed by atoms with Crippen LogP contribution in [0, 0.1) is 5.82 Å². The van der Waals surface area contributed by atoms with Crippen molar-refractivity contribution >= 4 is 0 Å². The third-order valence-electron chi connectivity index (χ3n) is 3.51. The SMILES string of the molecule is CC(O)c1ccc(OCCCN2CCCC2)c(F)c1. The molecule has 1 aromatic rings. The molecule has 4 heteroatoms. The highest BCUT2D eigenvalue weighted by molar-refractivity contribution is 5.30. The van der Waals surface area contributed by atoms with Crippen LogP contribution in [0.2, 0.25) is 0 Å². The summed E-state index contributed by atoms with van der Waals surface area (Å²) in [6.45, 7) is 5.52. The second-order valence-corrected chi connectivity index (χ2v) is 5.12. The Balaban J connectivity index is 1.76. The maximum Gasteiger partial charge on any atom is 0.165 e. The van der Waals surface area contributed by atoms with Gasteiger partial charge in [0.1, 0.15) is 0 Å². The fourth-order valence-corrected chi connectivity index (χ4v) is 2.37. The van der Waals surface area contributed by atoms with Crippen molar-refractivity contribution in [1.29, 1.82) is 0 Å². The summed E-state index contributed by atoms with van der Waals surface area (Å²) in [5.41, 5.74) is 0.571. The Morgan fingerprint density at radius 1 is 1.37 bits per heavy atom. The third kappa shape index (κ3) is 4.18. The number of hydrogen-bond acceptors (Lipinski definition) is 3. The lowest BCUT2D eigenvalue weighted by Crippen LogP contribution is -2.22. The second-order valence-electron chi connectivity index (χ2n) is 5.12. The molecule has 1 N–H and O–H groups in total. The Labute approximate surface area is 114 Å². The van der Waals surface area contributed by atoms with E-state index in [2.05, 4.69) is 4.90 Å². The van der Waals surface area contributed by atoms with Crippen LogP contribution in [0.5, 0.6) is 5.75 Å². The highest BCUT2D eigenvalue weighted by atomic mass is 19.1. The lowest BCUT2D eigenvalue weighted by Gasteiger charge is -2.15. The van der Waals surface area contributed by atoms with Crippen LogP contribution in [0.1, 0.15) is 37.9 Å². The predicted molar refractivity (Wildman–Crippen MR) is 72.8 cm³/mol. The zero-order valence-corrected chi connectivity index (χ0v) is 11.4. The van der Waals surface area contributed by atoms with Crippen LogP contribution in [0.25, 0.3) is 0 Å². The maximum absolute atomic E-state index is 13.7. The van der Waals surface area contributed by atoms with Crippen molar-refractivity contribution in [1.82, 2.24) is 4.90 Å². The van der Waals surface area contributed by atoms with Gasteiger partial charge in [-0.25, -0.2) is 4.39 Å². The van der Waals surface area contributed by atoms with Gasteiger partial charge in [0, 0.05) is 6.54 Å². The molecule has 0 aliphatic carbocycles. The van der Waals surface area contributed by atoms with Gasteiger partial charge in [0.15, 0.2) is 11.6 Å². The average Bonchev–Trinajstić information content (AvgIpc) is 2.89. The van der Waals surface area contributed by atoms with Gasteiger partial charge in [0.25, 0.3) is 0 Å². The Hall–Kier alpha value is -1.13. The number of benzene rings is 1. The van der Waals surface area contributed by atoms with Crippen molar-refractivity contribution in [3.05, 3.63) is 29.6 Å². The molecule has 0 radical (unpaired) electrons. The molecule has 1 aliphatic rings. The number of halogens is 1. The summed E-state index contributed by atoms with van der Waals surface area (Å²) in [4.78, 5) is 2.41. The molecule has 0 saturated carbocycles. The molecule has 1 unspecified atom stereocenters. The van der Waals surface area contributed by atoms with E-state index in [1.165, 1.54) is 32.0 Å². The molecule has 0 aromatic heterocycles. The molecule has 0 amide bonds. The minimum Gasteiger partial charge on any atom is -0.490 e. The quantitative estimate of drug-likeness (QED) is 0.804. The van der Waals surface area contributed by atoms with Gasteiger partial charge >= 0.3 is 0 Å². The zero-order chi connectivity index (χ0) is 13.7. The monoisotopic (exact) mass is 267 g/mol. The largest absolute Gasteiger partial charge is 0.490 e. The normalized spacial score (nSPS) is 17.6. The fraction of sp³-hybridized carbons (Fsp3) is 0.600. The summed E-state index contributed by atoms with van der Waals surface area (Å²) >= 11 is 0. The van der Waals surface area contributed by atoms with Gasteiger partial charge in [-0.05, 0) is 57.0 Å². The van der Waals surface area contributed by atoms with E-state index < -0.39 is 11.9 Å². The van der Waals surface area contributed by atoms with Crippen LogP contribution >= 0.6 is 0 Å². The first-order valence-corrected chi connectivity index (χ1v) is 6.99. The van der Waals surface area contributed by atoms with E-state index in [0.717, 1.165) is 13.0 Å². The highest BCUT2D eigenvalue weighted by Crippen LogP contribution is 2.22. The van der Waals surface area contributed by atoms with E-state index in [4.69, 9.17) is 4.74 Å². The average molecular weight is 267 g/mol. The molecule has 1 saturated heterocycles. The number of ether oxygens (including phenoxy) is 1. The van der Waals surface area contributed by atoms with E-state index in [-0.39, 0.29) is 5.75 Å². The molecule has 0 bridgehead atoms. The lowest BCUT2D eigenvalue weighted by molar-refractivity contribution is 0.198. The summed E-state index contributed by atoms with van der Waals surface area (Å²) < 4.78 is 19.1. The van der Waals surface area contributed by atoms with Gasteiger partial charge in [-0.15, -0.1) is 0 Å². The molecule has 106 valence electrons. The molecule has 1 fully saturated rings. The molecule has 1 atom stereocenters. The summed E-state index contributed by atoms with van der Waals surface area (Å²) in [5, 5.41) is 9.36. The second kappa shape index (κ2) is 6.87. The molecule has 1 heterocycles. The zero-order valence-electron chi connectivity index (χ0n) is 11.4. The van der Waals surface area contributed by atoms with Crippen molar-refractivity contribution in [2.75, 3.05) is 26.2 Å². The molecule has 19 heavy (non-hydrogen) atoms. The van der Waals surface area contributed by atoms with E-state index in [0.29, 0.717) is 12.2 Å². The third-order valence-corrected chi connectivity index (χ3v) is 3.51. The van der Waals surface area contributed by atoms with Crippen LogP contribution in [-0.2, 0) is 0 Å². The molecule has 1 aromatic carbocycles. The van der Waals surface area contributed by atoms with Gasteiger partial charge in [0.2, 0.25) is 0 Å². The summed E-state index contributed by atoms with van der Waals surface area (Å²) in [6, 6.07) is 4.62. The highest BCUT2D eigenvalue weighted by Gasteiger charge is 2.11. The van der Waals surface area contributed by atoms with Gasteiger partial charge in [-0.1, -0.05) is 6.07 Å². The van der Waals surface area contributed by atoms with Crippen molar-refractivity contribution in [2.45, 2.75) is 32.3 Å². The molecular weight excluding hydrogens is 245 g/mol. The summed E-state index contributed by atoms with van der Waals surface area (Å²) in [6.07, 6.45) is 2.84. The lowest BCUT2D eigenvalue weighted by atomic mass is 10.1. The standard InChI is InChI=1S/C15H22FNO2/c1-12(18)13-5-6-15(14(16)11-13)19-10-4-9-17-7-2-3-8-17/h5-6,11-12,18H,2-4,7-10H2,1H3. The van der Waals surface area contributed by atoms with Crippen molar-refractivity contribution in [3.8, 4) is 5.75 Å². The van der Waals surface area contributed by atoms with Crippen LogP contribution in [0.4, 0.5) is 4.39 Å². The van der Waals surface area contributed by atoms with E-state index in [1.54, 1.807) is 19.1 Å².